The van der Waals surface area contributed by atoms with Crippen LogP contribution in [-0.2, 0) is 0 Å². The molecule has 1 atom stereocenters. The molecule has 0 heterocycles. The Bertz CT molecular complexity index is 158. The van der Waals surface area contributed by atoms with E-state index in [0.29, 0.717) is 6.04 Å². The highest BCUT2D eigenvalue weighted by Crippen LogP contribution is 2.10. The third-order valence-corrected chi connectivity index (χ3v) is 2.94. The minimum Gasteiger partial charge on any atom is -0.394 e. The standard InChI is InChI=1S/C12H28N2O/c1-5-14(11(2)3)9-7-6-8-12(4,13)10-15/h11,15H,5-10,13H2,1-4H3. The fourth-order valence-electron chi connectivity index (χ4n) is 1.70. The SMILES string of the molecule is CCN(CCCCC(C)(N)CO)C(C)C. The Kier molecular flexibility index (Phi) is 7.14. The maximum absolute atomic E-state index is 9.00. The second-order valence-corrected chi connectivity index (χ2v) is 4.99. The summed E-state index contributed by atoms with van der Waals surface area (Å²) in [4.78, 5) is 2.45. The van der Waals surface area contributed by atoms with Crippen molar-refractivity contribution in [3.63, 3.8) is 0 Å². The number of aliphatic hydroxyl groups excluding tert-OH is 1. The van der Waals surface area contributed by atoms with Crippen molar-refractivity contribution in [3.05, 3.63) is 0 Å². The Hall–Kier alpha value is -0.120. The molecule has 0 aromatic heterocycles. The second kappa shape index (κ2) is 7.20. The minimum absolute atomic E-state index is 0.0780. The lowest BCUT2D eigenvalue weighted by molar-refractivity contribution is 0.189. The van der Waals surface area contributed by atoms with Crippen molar-refractivity contribution < 1.29 is 5.11 Å². The number of nitrogens with two attached hydrogens (primary N) is 1. The van der Waals surface area contributed by atoms with Gasteiger partial charge in [0.2, 0.25) is 0 Å². The molecule has 92 valence electrons. The molecule has 0 rings (SSSR count). The Morgan fingerprint density at radius 2 is 1.93 bits per heavy atom. The van der Waals surface area contributed by atoms with Crippen molar-refractivity contribution >= 4 is 0 Å². The number of aliphatic hydroxyl groups is 1. The summed E-state index contributed by atoms with van der Waals surface area (Å²) in [7, 11) is 0. The number of hydrogen-bond acceptors (Lipinski definition) is 3. The van der Waals surface area contributed by atoms with Crippen LogP contribution >= 0.6 is 0 Å². The molecule has 3 N–H and O–H groups in total. The molecule has 0 radical (unpaired) electrons. The van der Waals surface area contributed by atoms with Gasteiger partial charge in [0.15, 0.2) is 0 Å². The highest BCUT2D eigenvalue weighted by Gasteiger charge is 2.16. The van der Waals surface area contributed by atoms with Gasteiger partial charge in [0.05, 0.1) is 6.61 Å². The van der Waals surface area contributed by atoms with Crippen molar-refractivity contribution in [1.29, 1.82) is 0 Å². The largest absolute Gasteiger partial charge is 0.394 e. The molecule has 0 aromatic rings. The summed E-state index contributed by atoms with van der Waals surface area (Å²) in [6, 6.07) is 0.622. The van der Waals surface area contributed by atoms with Gasteiger partial charge in [0.1, 0.15) is 0 Å². The predicted molar refractivity (Wildman–Crippen MR) is 65.9 cm³/mol. The highest BCUT2D eigenvalue weighted by atomic mass is 16.3. The van der Waals surface area contributed by atoms with Crippen LogP contribution in [0.1, 0.15) is 47.0 Å². The van der Waals surface area contributed by atoms with Crippen LogP contribution in [0, 0.1) is 0 Å². The van der Waals surface area contributed by atoms with E-state index in [2.05, 4.69) is 25.7 Å². The van der Waals surface area contributed by atoms with Crippen LogP contribution in [0.2, 0.25) is 0 Å². The molecule has 0 amide bonds. The monoisotopic (exact) mass is 216 g/mol. The lowest BCUT2D eigenvalue weighted by Crippen LogP contribution is -2.40. The number of nitrogens with zero attached hydrogens (tertiary/aromatic N) is 1. The Morgan fingerprint density at radius 1 is 1.33 bits per heavy atom. The van der Waals surface area contributed by atoms with Gasteiger partial charge in [0, 0.05) is 11.6 Å². The number of hydrogen-bond donors (Lipinski definition) is 2. The molecule has 0 bridgehead atoms. The average molecular weight is 216 g/mol. The Morgan fingerprint density at radius 3 is 2.33 bits per heavy atom. The van der Waals surface area contributed by atoms with Crippen molar-refractivity contribution in [2.75, 3.05) is 19.7 Å². The van der Waals surface area contributed by atoms with E-state index in [9.17, 15) is 0 Å². The molecule has 0 spiro atoms. The number of unbranched alkanes of at least 4 members (excludes halogenated alkanes) is 1. The van der Waals surface area contributed by atoms with E-state index in [0.717, 1.165) is 25.9 Å². The smallest absolute Gasteiger partial charge is 0.0608 e. The van der Waals surface area contributed by atoms with Gasteiger partial charge < -0.3 is 15.7 Å². The predicted octanol–water partition coefficient (Wildman–Crippen LogP) is 1.60. The van der Waals surface area contributed by atoms with Crippen molar-refractivity contribution in [2.45, 2.75) is 58.5 Å². The maximum atomic E-state index is 9.00. The summed E-state index contributed by atoms with van der Waals surface area (Å²) < 4.78 is 0. The average Bonchev–Trinajstić information content (AvgIpc) is 2.17. The van der Waals surface area contributed by atoms with Gasteiger partial charge in [-0.05, 0) is 46.7 Å². The van der Waals surface area contributed by atoms with Gasteiger partial charge >= 0.3 is 0 Å². The van der Waals surface area contributed by atoms with Crippen LogP contribution in [0.4, 0.5) is 0 Å². The van der Waals surface area contributed by atoms with Gasteiger partial charge in [-0.3, -0.25) is 0 Å². The fraction of sp³-hybridized carbons (Fsp3) is 1.00. The van der Waals surface area contributed by atoms with Crippen LogP contribution in [0.15, 0.2) is 0 Å². The quantitative estimate of drug-likeness (QED) is 0.606. The van der Waals surface area contributed by atoms with Crippen LogP contribution in [0.25, 0.3) is 0 Å². The lowest BCUT2D eigenvalue weighted by atomic mass is 9.97. The topological polar surface area (TPSA) is 49.5 Å². The van der Waals surface area contributed by atoms with Crippen molar-refractivity contribution in [1.82, 2.24) is 4.90 Å². The van der Waals surface area contributed by atoms with E-state index < -0.39 is 5.54 Å². The van der Waals surface area contributed by atoms with Crippen LogP contribution in [-0.4, -0.2) is 41.3 Å². The van der Waals surface area contributed by atoms with Crippen molar-refractivity contribution in [3.8, 4) is 0 Å². The molecule has 0 saturated heterocycles. The van der Waals surface area contributed by atoms with Crippen LogP contribution in [0.3, 0.4) is 0 Å². The fourth-order valence-corrected chi connectivity index (χ4v) is 1.70. The summed E-state index contributed by atoms with van der Waals surface area (Å²) in [5.41, 5.74) is 5.47. The zero-order valence-electron chi connectivity index (χ0n) is 10.8. The van der Waals surface area contributed by atoms with Gasteiger partial charge in [-0.2, -0.15) is 0 Å². The molecule has 0 aromatic carbocycles. The number of rotatable bonds is 8. The zero-order chi connectivity index (χ0) is 11.9. The normalized spacial score (nSPS) is 16.0. The van der Waals surface area contributed by atoms with E-state index in [-0.39, 0.29) is 6.61 Å². The van der Waals surface area contributed by atoms with Crippen LogP contribution < -0.4 is 5.73 Å². The van der Waals surface area contributed by atoms with E-state index >= 15 is 0 Å². The summed E-state index contributed by atoms with van der Waals surface area (Å²) in [5.74, 6) is 0. The molecule has 0 aliphatic rings. The van der Waals surface area contributed by atoms with Crippen LogP contribution in [0.5, 0.6) is 0 Å². The maximum Gasteiger partial charge on any atom is 0.0608 e. The molecule has 15 heavy (non-hydrogen) atoms. The van der Waals surface area contributed by atoms with Gasteiger partial charge in [-0.1, -0.05) is 13.3 Å². The molecular formula is C12H28N2O. The molecule has 3 nitrogen and oxygen atoms in total. The first kappa shape index (κ1) is 14.9. The first-order valence-corrected chi connectivity index (χ1v) is 6.06. The zero-order valence-corrected chi connectivity index (χ0v) is 10.8. The summed E-state index contributed by atoms with van der Waals surface area (Å²) in [6.07, 6.45) is 3.16. The minimum atomic E-state index is -0.394. The molecule has 0 aliphatic carbocycles. The molecule has 3 heteroatoms. The van der Waals surface area contributed by atoms with E-state index in [1.165, 1.54) is 6.42 Å². The summed E-state index contributed by atoms with van der Waals surface area (Å²) >= 11 is 0. The highest BCUT2D eigenvalue weighted by molar-refractivity contribution is 4.77. The van der Waals surface area contributed by atoms with E-state index in [1.54, 1.807) is 0 Å². The summed E-state index contributed by atoms with van der Waals surface area (Å²) in [5, 5.41) is 9.00. The van der Waals surface area contributed by atoms with Gasteiger partial charge in [-0.15, -0.1) is 0 Å². The lowest BCUT2D eigenvalue weighted by Gasteiger charge is -2.26. The first-order chi connectivity index (χ1) is 6.93. The first-order valence-electron chi connectivity index (χ1n) is 6.06. The molecule has 0 fully saturated rings. The molecular weight excluding hydrogens is 188 g/mol. The molecule has 0 aliphatic heterocycles. The third-order valence-electron chi connectivity index (χ3n) is 2.94. The van der Waals surface area contributed by atoms with Crippen molar-refractivity contribution in [2.24, 2.45) is 5.73 Å². The van der Waals surface area contributed by atoms with Gasteiger partial charge in [0.25, 0.3) is 0 Å². The van der Waals surface area contributed by atoms with E-state index in [1.807, 2.05) is 6.92 Å². The Labute approximate surface area is 94.6 Å². The van der Waals surface area contributed by atoms with E-state index in [4.69, 9.17) is 10.8 Å². The molecule has 0 saturated carbocycles. The third kappa shape index (κ3) is 6.88. The van der Waals surface area contributed by atoms with Gasteiger partial charge in [-0.25, -0.2) is 0 Å². The summed E-state index contributed by atoms with van der Waals surface area (Å²) in [6.45, 7) is 10.9. The molecule has 1 unspecified atom stereocenters. The Balaban J connectivity index is 3.61. The second-order valence-electron chi connectivity index (χ2n) is 4.99.